The first-order valence-corrected chi connectivity index (χ1v) is 13.0. The summed E-state index contributed by atoms with van der Waals surface area (Å²) in [4.78, 5) is 26.2. The Morgan fingerprint density at radius 3 is 1.45 bits per heavy atom. The third-order valence-corrected chi connectivity index (χ3v) is 7.16. The van der Waals surface area contributed by atoms with Crippen molar-refractivity contribution in [1.82, 2.24) is 5.32 Å². The maximum atomic E-state index is 13.8. The van der Waals surface area contributed by atoms with Crippen LogP contribution < -0.4 is 11.1 Å². The Hall–Kier alpha value is -4.18. The molecule has 4 heteroatoms. The van der Waals surface area contributed by atoms with Crippen LogP contribution in [0, 0.1) is 0 Å². The van der Waals surface area contributed by atoms with Crippen LogP contribution in [0.5, 0.6) is 0 Å². The molecule has 4 aromatic rings. The van der Waals surface area contributed by atoms with E-state index in [0.717, 1.165) is 22.3 Å². The van der Waals surface area contributed by atoms with Crippen LogP contribution in [0.2, 0.25) is 0 Å². The van der Waals surface area contributed by atoms with E-state index in [1.165, 1.54) is 5.56 Å². The van der Waals surface area contributed by atoms with E-state index in [1.54, 1.807) is 0 Å². The molecule has 4 rings (SSSR count). The van der Waals surface area contributed by atoms with Gasteiger partial charge < -0.3 is 11.1 Å². The maximum absolute atomic E-state index is 13.8. The normalized spacial score (nSPS) is 12.5. The first-order valence-electron chi connectivity index (χ1n) is 13.0. The third kappa shape index (κ3) is 6.03. The smallest absolute Gasteiger partial charge is 0.240 e. The van der Waals surface area contributed by atoms with Gasteiger partial charge in [0.05, 0.1) is 5.41 Å². The highest BCUT2D eigenvalue weighted by Gasteiger charge is 2.39. The topological polar surface area (TPSA) is 72.2 Å². The van der Waals surface area contributed by atoms with E-state index in [4.69, 9.17) is 5.73 Å². The number of benzene rings is 4. The average Bonchev–Trinajstić information content (AvgIpc) is 2.92. The van der Waals surface area contributed by atoms with Crippen molar-refractivity contribution < 1.29 is 9.59 Å². The van der Waals surface area contributed by atoms with E-state index in [-0.39, 0.29) is 17.7 Å². The molecule has 0 unspecified atom stereocenters. The van der Waals surface area contributed by atoms with Crippen LogP contribution in [0.25, 0.3) is 0 Å². The SMILES string of the molecule is CC(C)(C)c1ccc(C[C@@H](NC(=O)CC(c2ccccc2)(c2ccccc2)c2ccccc2)C(N)=O)cc1. The van der Waals surface area contributed by atoms with E-state index in [0.29, 0.717) is 6.42 Å². The van der Waals surface area contributed by atoms with Crippen molar-refractivity contribution in [3.05, 3.63) is 143 Å². The molecular formula is C34H36N2O2. The largest absolute Gasteiger partial charge is 0.368 e. The van der Waals surface area contributed by atoms with Crippen molar-refractivity contribution in [2.75, 3.05) is 0 Å². The fourth-order valence-electron chi connectivity index (χ4n) is 5.06. The summed E-state index contributed by atoms with van der Waals surface area (Å²) in [6.07, 6.45) is 0.457. The van der Waals surface area contributed by atoms with Gasteiger partial charge in [-0.2, -0.15) is 0 Å². The molecule has 1 atom stereocenters. The lowest BCUT2D eigenvalue weighted by molar-refractivity contribution is -0.127. The summed E-state index contributed by atoms with van der Waals surface area (Å²) in [6, 6.07) is 37.5. The van der Waals surface area contributed by atoms with Gasteiger partial charge in [-0.15, -0.1) is 0 Å². The Bertz CT molecular complexity index is 1250. The second-order valence-corrected chi connectivity index (χ2v) is 10.9. The summed E-state index contributed by atoms with van der Waals surface area (Å²) in [6.45, 7) is 6.48. The summed E-state index contributed by atoms with van der Waals surface area (Å²) in [5.74, 6) is -0.792. The first-order chi connectivity index (χ1) is 18.2. The minimum atomic E-state index is -0.817. The Balaban J connectivity index is 1.67. The zero-order valence-corrected chi connectivity index (χ0v) is 22.4. The van der Waals surface area contributed by atoms with Crippen molar-refractivity contribution in [2.45, 2.75) is 50.5 Å². The molecule has 4 aromatic carbocycles. The highest BCUT2D eigenvalue weighted by molar-refractivity contribution is 5.88. The predicted molar refractivity (Wildman–Crippen MR) is 154 cm³/mol. The molecule has 2 amide bonds. The number of nitrogens with one attached hydrogen (secondary N) is 1. The van der Waals surface area contributed by atoms with Gasteiger partial charge in [0.2, 0.25) is 11.8 Å². The lowest BCUT2D eigenvalue weighted by Crippen LogP contribution is -2.48. The molecule has 38 heavy (non-hydrogen) atoms. The van der Waals surface area contributed by atoms with E-state index in [1.807, 2.05) is 66.7 Å². The molecule has 0 heterocycles. The van der Waals surface area contributed by atoms with Crippen LogP contribution in [0.3, 0.4) is 0 Å². The zero-order valence-electron chi connectivity index (χ0n) is 22.4. The van der Waals surface area contributed by atoms with Crippen LogP contribution in [0.4, 0.5) is 0 Å². The number of hydrogen-bond acceptors (Lipinski definition) is 2. The first kappa shape index (κ1) is 26.9. The van der Waals surface area contributed by atoms with Crippen molar-refractivity contribution in [1.29, 1.82) is 0 Å². The monoisotopic (exact) mass is 504 g/mol. The van der Waals surface area contributed by atoms with Gasteiger partial charge in [-0.25, -0.2) is 0 Å². The van der Waals surface area contributed by atoms with E-state index >= 15 is 0 Å². The molecule has 0 radical (unpaired) electrons. The van der Waals surface area contributed by atoms with Crippen LogP contribution in [-0.2, 0) is 26.8 Å². The number of nitrogens with two attached hydrogens (primary N) is 1. The number of hydrogen-bond donors (Lipinski definition) is 2. The van der Waals surface area contributed by atoms with Crippen LogP contribution in [0.15, 0.2) is 115 Å². The van der Waals surface area contributed by atoms with Crippen molar-refractivity contribution in [2.24, 2.45) is 5.73 Å². The molecule has 194 valence electrons. The highest BCUT2D eigenvalue weighted by atomic mass is 16.2. The quantitative estimate of drug-likeness (QED) is 0.278. The second kappa shape index (κ2) is 11.5. The molecule has 0 bridgehead atoms. The molecular weight excluding hydrogens is 468 g/mol. The molecule has 0 aliphatic carbocycles. The molecule has 0 aliphatic heterocycles. The fourth-order valence-corrected chi connectivity index (χ4v) is 5.06. The predicted octanol–water partition coefficient (Wildman–Crippen LogP) is 5.92. The summed E-state index contributed by atoms with van der Waals surface area (Å²) in [5, 5.41) is 2.96. The van der Waals surface area contributed by atoms with Gasteiger partial charge in [0, 0.05) is 12.8 Å². The van der Waals surface area contributed by atoms with E-state index < -0.39 is 17.4 Å². The Morgan fingerprint density at radius 1 is 0.658 bits per heavy atom. The number of carbonyl (C=O) groups is 2. The minimum absolute atomic E-state index is 0.0332. The van der Waals surface area contributed by atoms with Crippen molar-refractivity contribution >= 4 is 11.8 Å². The third-order valence-electron chi connectivity index (χ3n) is 7.16. The van der Waals surface area contributed by atoms with Gasteiger partial charge in [0.15, 0.2) is 0 Å². The standard InChI is InChI=1S/C34H36N2O2/c1-33(2,3)26-21-19-25(20-22-26)23-30(32(35)38)36-31(37)24-34(27-13-7-4-8-14-27,28-15-9-5-10-16-28)29-17-11-6-12-18-29/h4-22,30H,23-24H2,1-3H3,(H2,35,38)(H,36,37)/t30-/m1/s1. The molecule has 0 aromatic heterocycles. The Kier molecular flexibility index (Phi) is 8.11. The Labute approximate surface area is 225 Å². The summed E-state index contributed by atoms with van der Waals surface area (Å²) < 4.78 is 0. The number of rotatable bonds is 9. The number of amides is 2. The molecule has 0 spiro atoms. The summed E-state index contributed by atoms with van der Waals surface area (Å²) in [5.41, 5.74) is 10.2. The maximum Gasteiger partial charge on any atom is 0.240 e. The lowest BCUT2D eigenvalue weighted by atomic mass is 9.67. The van der Waals surface area contributed by atoms with Gasteiger partial charge in [-0.1, -0.05) is 136 Å². The van der Waals surface area contributed by atoms with Gasteiger partial charge in [-0.05, 0) is 33.2 Å². The molecule has 0 saturated carbocycles. The molecule has 0 saturated heterocycles. The summed E-state index contributed by atoms with van der Waals surface area (Å²) in [7, 11) is 0. The van der Waals surface area contributed by atoms with E-state index in [9.17, 15) is 9.59 Å². The molecule has 0 aliphatic rings. The highest BCUT2D eigenvalue weighted by Crippen LogP contribution is 2.42. The zero-order chi connectivity index (χ0) is 27.2. The van der Waals surface area contributed by atoms with Crippen LogP contribution >= 0.6 is 0 Å². The number of carbonyl (C=O) groups excluding carboxylic acids is 2. The molecule has 3 N–H and O–H groups in total. The van der Waals surface area contributed by atoms with Crippen LogP contribution in [-0.4, -0.2) is 17.9 Å². The van der Waals surface area contributed by atoms with Crippen molar-refractivity contribution in [3.8, 4) is 0 Å². The second-order valence-electron chi connectivity index (χ2n) is 10.9. The van der Waals surface area contributed by atoms with Gasteiger partial charge >= 0.3 is 0 Å². The summed E-state index contributed by atoms with van der Waals surface area (Å²) >= 11 is 0. The fraction of sp³-hybridized carbons (Fsp3) is 0.235. The van der Waals surface area contributed by atoms with Gasteiger partial charge in [0.25, 0.3) is 0 Å². The Morgan fingerprint density at radius 2 is 1.08 bits per heavy atom. The van der Waals surface area contributed by atoms with Crippen molar-refractivity contribution in [3.63, 3.8) is 0 Å². The minimum Gasteiger partial charge on any atom is -0.368 e. The number of primary amides is 1. The van der Waals surface area contributed by atoms with Gasteiger partial charge in [0.1, 0.15) is 6.04 Å². The lowest BCUT2D eigenvalue weighted by Gasteiger charge is -2.36. The van der Waals surface area contributed by atoms with Crippen LogP contribution in [0.1, 0.15) is 55.0 Å². The van der Waals surface area contributed by atoms with Gasteiger partial charge in [-0.3, -0.25) is 9.59 Å². The average molecular weight is 505 g/mol. The van der Waals surface area contributed by atoms with E-state index in [2.05, 4.69) is 74.6 Å². The molecule has 4 nitrogen and oxygen atoms in total. The molecule has 0 fully saturated rings.